The van der Waals surface area contributed by atoms with Crippen molar-refractivity contribution in [2.45, 2.75) is 26.4 Å². The van der Waals surface area contributed by atoms with Gasteiger partial charge < -0.3 is 14.7 Å². The van der Waals surface area contributed by atoms with Gasteiger partial charge in [-0.3, -0.25) is 4.90 Å². The summed E-state index contributed by atoms with van der Waals surface area (Å²) in [6.45, 7) is 7.26. The van der Waals surface area contributed by atoms with Crippen LogP contribution in [0.2, 0.25) is 5.02 Å². The van der Waals surface area contributed by atoms with E-state index in [1.54, 1.807) is 0 Å². The largest absolute Gasteiger partial charge is 0.361 e. The predicted octanol–water partition coefficient (Wildman–Crippen LogP) is 3.22. The van der Waals surface area contributed by atoms with Gasteiger partial charge in [0.1, 0.15) is 5.76 Å². The maximum absolute atomic E-state index is 6.20. The zero-order chi connectivity index (χ0) is 17.6. The highest BCUT2D eigenvalue weighted by atomic mass is 35.5. The fraction of sp³-hybridized carbons (Fsp3) is 0.444. The summed E-state index contributed by atoms with van der Waals surface area (Å²) in [5.74, 6) is 0.858. The third-order valence-corrected chi connectivity index (χ3v) is 5.10. The molecule has 7 heteroatoms. The minimum Gasteiger partial charge on any atom is -0.361 e. The molecule has 0 bridgehead atoms. The van der Waals surface area contributed by atoms with Gasteiger partial charge >= 0.3 is 0 Å². The van der Waals surface area contributed by atoms with Crippen LogP contribution < -0.4 is 5.32 Å². The Morgan fingerprint density at radius 2 is 2.12 bits per heavy atom. The lowest BCUT2D eigenvalue weighted by atomic mass is 10.2. The Labute approximate surface area is 158 Å². The molecule has 2 heterocycles. The van der Waals surface area contributed by atoms with Crippen LogP contribution in [0.25, 0.3) is 0 Å². The van der Waals surface area contributed by atoms with Gasteiger partial charge in [-0.05, 0) is 37.2 Å². The van der Waals surface area contributed by atoms with Gasteiger partial charge in [-0.25, -0.2) is 0 Å². The Kier molecular flexibility index (Phi) is 6.29. The van der Waals surface area contributed by atoms with E-state index in [9.17, 15) is 0 Å². The summed E-state index contributed by atoms with van der Waals surface area (Å²) >= 11 is 11.8. The number of rotatable bonds is 4. The predicted molar refractivity (Wildman–Crippen MR) is 104 cm³/mol. The highest BCUT2D eigenvalue weighted by Gasteiger charge is 2.18. The molecule has 1 N–H and O–H groups in total. The van der Waals surface area contributed by atoms with Crippen LogP contribution >= 0.6 is 23.8 Å². The smallest absolute Gasteiger partial charge is 0.169 e. The minimum absolute atomic E-state index is 0.650. The van der Waals surface area contributed by atoms with Crippen LogP contribution in [0, 0.1) is 6.92 Å². The van der Waals surface area contributed by atoms with Crippen LogP contribution in [-0.2, 0) is 13.1 Å². The van der Waals surface area contributed by atoms with E-state index in [2.05, 4.69) is 20.3 Å². The van der Waals surface area contributed by atoms with Gasteiger partial charge in [-0.1, -0.05) is 35.0 Å². The van der Waals surface area contributed by atoms with E-state index in [1.165, 1.54) is 0 Å². The van der Waals surface area contributed by atoms with Crippen LogP contribution in [-0.4, -0.2) is 46.2 Å². The van der Waals surface area contributed by atoms with Gasteiger partial charge in [0.2, 0.25) is 0 Å². The Balaban J connectivity index is 1.48. The molecule has 0 atom stereocenters. The summed E-state index contributed by atoms with van der Waals surface area (Å²) in [4.78, 5) is 4.63. The summed E-state index contributed by atoms with van der Waals surface area (Å²) < 4.78 is 5.15. The number of thiocarbonyl (C=S) groups is 1. The molecule has 0 amide bonds. The molecule has 1 aliphatic heterocycles. The van der Waals surface area contributed by atoms with Crippen LogP contribution in [0.5, 0.6) is 0 Å². The fourth-order valence-corrected chi connectivity index (χ4v) is 3.44. The molecule has 1 aromatic heterocycles. The Morgan fingerprint density at radius 1 is 1.28 bits per heavy atom. The molecule has 5 nitrogen and oxygen atoms in total. The lowest BCUT2D eigenvalue weighted by Crippen LogP contribution is -2.41. The Morgan fingerprint density at radius 3 is 2.88 bits per heavy atom. The number of nitrogens with zero attached hydrogens (tertiary/aromatic N) is 3. The zero-order valence-electron chi connectivity index (χ0n) is 14.4. The van der Waals surface area contributed by atoms with Crippen LogP contribution in [0.3, 0.4) is 0 Å². The molecular formula is C18H23ClN4OS. The molecule has 25 heavy (non-hydrogen) atoms. The molecule has 3 rings (SSSR count). The van der Waals surface area contributed by atoms with Crippen LogP contribution in [0.1, 0.15) is 23.4 Å². The third-order valence-electron chi connectivity index (χ3n) is 4.33. The number of benzene rings is 1. The molecule has 0 aliphatic carbocycles. The molecule has 134 valence electrons. The molecule has 1 aromatic carbocycles. The maximum atomic E-state index is 6.20. The minimum atomic E-state index is 0.650. The van der Waals surface area contributed by atoms with E-state index < -0.39 is 0 Å². The number of aromatic nitrogens is 1. The monoisotopic (exact) mass is 378 g/mol. The highest BCUT2D eigenvalue weighted by Crippen LogP contribution is 2.15. The van der Waals surface area contributed by atoms with Gasteiger partial charge in [0, 0.05) is 50.4 Å². The van der Waals surface area contributed by atoms with E-state index in [4.69, 9.17) is 28.3 Å². The summed E-state index contributed by atoms with van der Waals surface area (Å²) in [6.07, 6.45) is 1.07. The van der Waals surface area contributed by atoms with Crippen molar-refractivity contribution in [1.29, 1.82) is 0 Å². The second kappa shape index (κ2) is 8.65. The number of aryl methyl sites for hydroxylation is 1. The van der Waals surface area contributed by atoms with Crippen molar-refractivity contribution in [3.63, 3.8) is 0 Å². The third kappa shape index (κ3) is 5.17. The maximum Gasteiger partial charge on any atom is 0.169 e. The SMILES string of the molecule is Cc1cc(CN2CCCN(C(=S)NCc3ccccc3Cl)CC2)no1. The first kappa shape index (κ1) is 18.2. The molecule has 2 aromatic rings. The van der Waals surface area contributed by atoms with Gasteiger partial charge in [-0.15, -0.1) is 0 Å². The van der Waals surface area contributed by atoms with E-state index in [1.807, 2.05) is 37.3 Å². The van der Waals surface area contributed by atoms with Gasteiger partial charge in [0.25, 0.3) is 0 Å². The molecule has 1 fully saturated rings. The number of hydrogen-bond acceptors (Lipinski definition) is 4. The first-order valence-corrected chi connectivity index (χ1v) is 9.31. The molecule has 0 saturated carbocycles. The van der Waals surface area contributed by atoms with E-state index >= 15 is 0 Å². The topological polar surface area (TPSA) is 44.5 Å². The van der Waals surface area contributed by atoms with Gasteiger partial charge in [-0.2, -0.15) is 0 Å². The van der Waals surface area contributed by atoms with Crippen LogP contribution in [0.15, 0.2) is 34.9 Å². The number of nitrogens with one attached hydrogen (secondary N) is 1. The molecule has 0 radical (unpaired) electrons. The average Bonchev–Trinajstić information content (AvgIpc) is 2.87. The summed E-state index contributed by atoms with van der Waals surface area (Å²) in [7, 11) is 0. The van der Waals surface area contributed by atoms with E-state index in [0.29, 0.717) is 6.54 Å². The second-order valence-corrected chi connectivity index (χ2v) is 7.09. The molecule has 1 saturated heterocycles. The van der Waals surface area contributed by atoms with Crippen molar-refractivity contribution in [3.8, 4) is 0 Å². The highest BCUT2D eigenvalue weighted by molar-refractivity contribution is 7.80. The van der Waals surface area contributed by atoms with E-state index in [0.717, 1.165) is 66.3 Å². The van der Waals surface area contributed by atoms with Crippen molar-refractivity contribution >= 4 is 28.9 Å². The van der Waals surface area contributed by atoms with Crippen LogP contribution in [0.4, 0.5) is 0 Å². The lowest BCUT2D eigenvalue weighted by molar-refractivity contribution is 0.267. The first-order chi connectivity index (χ1) is 12.1. The molecule has 1 aliphatic rings. The standard InChI is InChI=1S/C18H23ClN4OS/c1-14-11-16(21-24-14)13-22-7-4-8-23(10-9-22)18(25)20-12-15-5-2-3-6-17(15)19/h2-3,5-6,11H,4,7-10,12-13H2,1H3,(H,20,25). The molecular weight excluding hydrogens is 356 g/mol. The molecule has 0 unspecified atom stereocenters. The number of halogens is 1. The zero-order valence-corrected chi connectivity index (χ0v) is 15.9. The average molecular weight is 379 g/mol. The number of hydrogen-bond donors (Lipinski definition) is 1. The molecule has 0 spiro atoms. The van der Waals surface area contributed by atoms with Crippen molar-refractivity contribution in [1.82, 2.24) is 20.3 Å². The van der Waals surface area contributed by atoms with Crippen molar-refractivity contribution in [2.75, 3.05) is 26.2 Å². The Hall–Kier alpha value is -1.63. The normalized spacial score (nSPS) is 15.8. The lowest BCUT2D eigenvalue weighted by Gasteiger charge is -2.24. The van der Waals surface area contributed by atoms with Crippen molar-refractivity contribution < 1.29 is 4.52 Å². The summed E-state index contributed by atoms with van der Waals surface area (Å²) in [6, 6.07) is 9.84. The first-order valence-electron chi connectivity index (χ1n) is 8.52. The van der Waals surface area contributed by atoms with Crippen molar-refractivity contribution in [3.05, 3.63) is 52.4 Å². The summed E-state index contributed by atoms with van der Waals surface area (Å²) in [5, 5.41) is 8.97. The Bertz CT molecular complexity index is 721. The van der Waals surface area contributed by atoms with Gasteiger partial charge in [0.05, 0.1) is 5.69 Å². The quantitative estimate of drug-likeness (QED) is 0.824. The summed E-state index contributed by atoms with van der Waals surface area (Å²) in [5.41, 5.74) is 2.05. The van der Waals surface area contributed by atoms with E-state index in [-0.39, 0.29) is 0 Å². The second-order valence-electron chi connectivity index (χ2n) is 6.30. The van der Waals surface area contributed by atoms with Crippen molar-refractivity contribution in [2.24, 2.45) is 0 Å². The van der Waals surface area contributed by atoms with Gasteiger partial charge in [0.15, 0.2) is 5.11 Å². The fourth-order valence-electron chi connectivity index (χ4n) is 2.98.